The fourth-order valence-corrected chi connectivity index (χ4v) is 8.58. The molecule has 0 bridgehead atoms. The molecule has 1 aromatic rings. The van der Waals surface area contributed by atoms with Crippen molar-refractivity contribution in [1.82, 2.24) is 15.1 Å². The molecule has 3 saturated carbocycles. The summed E-state index contributed by atoms with van der Waals surface area (Å²) in [6.45, 7) is 4.35. The van der Waals surface area contributed by atoms with Crippen molar-refractivity contribution in [2.45, 2.75) is 75.3 Å². The Morgan fingerprint density at radius 3 is 2.57 bits per heavy atom. The van der Waals surface area contributed by atoms with E-state index in [-0.39, 0.29) is 18.9 Å². The molecular weight excluding hydrogens is 370 g/mol. The SMILES string of the molecule is O=C(N[C@H]1CC2(CCN([C@@H]3CC45C[C@H]4CC[C@@H]35)CC2)c2ccccc21)N1CCCC1.[HH]. The van der Waals surface area contributed by atoms with Crippen LogP contribution in [-0.4, -0.2) is 48.1 Å². The molecule has 7 rings (SSSR count). The smallest absolute Gasteiger partial charge is 0.317 e. The number of carbonyl (C=O) groups excluding carboxylic acids is 1. The Kier molecular flexibility index (Phi) is 3.76. The van der Waals surface area contributed by atoms with Crippen LogP contribution in [0.2, 0.25) is 0 Å². The van der Waals surface area contributed by atoms with Gasteiger partial charge >= 0.3 is 6.03 Å². The Balaban J connectivity index is 0.00000185. The van der Waals surface area contributed by atoms with E-state index in [1.807, 2.05) is 4.90 Å². The van der Waals surface area contributed by atoms with Gasteiger partial charge in [-0.05, 0) is 99.3 Å². The Hall–Kier alpha value is -1.55. The van der Waals surface area contributed by atoms with Crippen molar-refractivity contribution < 1.29 is 6.22 Å². The van der Waals surface area contributed by atoms with Gasteiger partial charge in [0.2, 0.25) is 0 Å². The summed E-state index contributed by atoms with van der Waals surface area (Å²) in [4.78, 5) is 17.7. The lowest BCUT2D eigenvalue weighted by molar-refractivity contribution is -0.0258. The molecule has 2 saturated heterocycles. The first kappa shape index (κ1) is 18.1. The first-order chi connectivity index (χ1) is 14.7. The molecule has 2 aliphatic heterocycles. The van der Waals surface area contributed by atoms with Gasteiger partial charge < -0.3 is 15.1 Å². The molecule has 6 aliphatic rings. The van der Waals surface area contributed by atoms with E-state index in [2.05, 4.69) is 34.5 Å². The highest BCUT2D eigenvalue weighted by atomic mass is 16.2. The van der Waals surface area contributed by atoms with Crippen LogP contribution in [0.3, 0.4) is 0 Å². The number of hydrogen-bond donors (Lipinski definition) is 1. The summed E-state index contributed by atoms with van der Waals surface area (Å²) in [5, 5.41) is 3.42. The zero-order valence-corrected chi connectivity index (χ0v) is 18.1. The molecule has 1 aromatic carbocycles. The molecule has 162 valence electrons. The fraction of sp³-hybridized carbons (Fsp3) is 0.731. The summed E-state index contributed by atoms with van der Waals surface area (Å²) in [5.41, 5.74) is 4.02. The van der Waals surface area contributed by atoms with Gasteiger partial charge in [-0.15, -0.1) is 0 Å². The fourth-order valence-electron chi connectivity index (χ4n) is 8.58. The van der Waals surface area contributed by atoms with Crippen LogP contribution in [0.25, 0.3) is 0 Å². The molecule has 30 heavy (non-hydrogen) atoms. The lowest BCUT2D eigenvalue weighted by Crippen LogP contribution is -2.56. The number of rotatable bonds is 2. The normalized spacial score (nSPS) is 40.6. The summed E-state index contributed by atoms with van der Waals surface area (Å²) in [6, 6.07) is 10.2. The van der Waals surface area contributed by atoms with E-state index in [0.29, 0.717) is 0 Å². The van der Waals surface area contributed by atoms with Gasteiger partial charge in [0.15, 0.2) is 0 Å². The highest BCUT2D eigenvalue weighted by molar-refractivity contribution is 5.75. The van der Waals surface area contributed by atoms with Crippen LogP contribution in [0.1, 0.15) is 76.4 Å². The molecule has 1 unspecified atom stereocenters. The van der Waals surface area contributed by atoms with Crippen LogP contribution < -0.4 is 5.32 Å². The van der Waals surface area contributed by atoms with Gasteiger partial charge in [-0.3, -0.25) is 0 Å². The Morgan fingerprint density at radius 1 is 1.00 bits per heavy atom. The third-order valence-corrected chi connectivity index (χ3v) is 10.3. The van der Waals surface area contributed by atoms with Gasteiger partial charge in [-0.1, -0.05) is 24.3 Å². The summed E-state index contributed by atoms with van der Waals surface area (Å²) >= 11 is 0. The number of fused-ring (bicyclic) bond motifs is 2. The Morgan fingerprint density at radius 2 is 1.80 bits per heavy atom. The minimum atomic E-state index is 0. The topological polar surface area (TPSA) is 35.6 Å². The van der Waals surface area contributed by atoms with Crippen molar-refractivity contribution in [1.29, 1.82) is 0 Å². The van der Waals surface area contributed by atoms with E-state index < -0.39 is 0 Å². The predicted octanol–water partition coefficient (Wildman–Crippen LogP) is 4.71. The second-order valence-corrected chi connectivity index (χ2v) is 11.4. The van der Waals surface area contributed by atoms with Gasteiger partial charge in [0.25, 0.3) is 0 Å². The number of piperidine rings is 1. The minimum absolute atomic E-state index is 0. The average Bonchev–Trinajstić information content (AvgIpc) is 3.05. The Bertz CT molecular complexity index is 873. The lowest BCUT2D eigenvalue weighted by atomic mass is 9.65. The Labute approximate surface area is 181 Å². The monoisotopic (exact) mass is 407 g/mol. The van der Waals surface area contributed by atoms with Gasteiger partial charge in [-0.25, -0.2) is 4.79 Å². The zero-order chi connectivity index (χ0) is 19.9. The highest BCUT2D eigenvalue weighted by Crippen LogP contribution is 2.76. The average molecular weight is 408 g/mol. The van der Waals surface area contributed by atoms with E-state index in [9.17, 15) is 4.79 Å². The number of benzene rings is 1. The zero-order valence-electron chi connectivity index (χ0n) is 18.1. The maximum absolute atomic E-state index is 12.8. The third kappa shape index (κ3) is 2.40. The third-order valence-electron chi connectivity index (χ3n) is 10.3. The quantitative estimate of drug-likeness (QED) is 0.771. The molecule has 0 aromatic heterocycles. The molecule has 5 fully saturated rings. The van der Waals surface area contributed by atoms with Crippen LogP contribution >= 0.6 is 0 Å². The standard InChI is InChI=1S/C26H35N3O.H2/c30-24(29-11-3-4-12-29)27-22-16-25(20-6-2-1-5-19(20)22)9-13-28(14-10-25)23-17-26-15-18(26)7-8-21(23)26;/h1-2,5-6,18,21-23H,3-4,7-17H2,(H,27,30);1H/t18-,21+,22+,23-,26?;/m1./s1. The van der Waals surface area contributed by atoms with Gasteiger partial charge in [0.1, 0.15) is 0 Å². The minimum Gasteiger partial charge on any atom is -0.331 e. The number of amides is 2. The van der Waals surface area contributed by atoms with Crippen LogP contribution in [0.4, 0.5) is 4.79 Å². The largest absolute Gasteiger partial charge is 0.331 e. The highest BCUT2D eigenvalue weighted by Gasteiger charge is 2.71. The van der Waals surface area contributed by atoms with Crippen LogP contribution in [0.15, 0.2) is 24.3 Å². The van der Waals surface area contributed by atoms with Gasteiger partial charge in [-0.2, -0.15) is 0 Å². The number of carbonyl (C=O) groups is 1. The predicted molar refractivity (Wildman–Crippen MR) is 119 cm³/mol. The number of likely N-dealkylation sites (tertiary alicyclic amines) is 2. The van der Waals surface area contributed by atoms with E-state index in [1.165, 1.54) is 56.3 Å². The second kappa shape index (κ2) is 6.25. The summed E-state index contributed by atoms with van der Waals surface area (Å²) in [5.74, 6) is 2.14. The molecule has 2 heterocycles. The molecule has 4 nitrogen and oxygen atoms in total. The van der Waals surface area contributed by atoms with Crippen molar-refractivity contribution >= 4 is 6.03 Å². The molecule has 4 heteroatoms. The first-order valence-corrected chi connectivity index (χ1v) is 12.6. The van der Waals surface area contributed by atoms with Crippen LogP contribution in [-0.2, 0) is 5.41 Å². The molecule has 2 spiro atoms. The van der Waals surface area contributed by atoms with Crippen molar-refractivity contribution in [3.8, 4) is 0 Å². The number of hydrogen-bond acceptors (Lipinski definition) is 2. The van der Waals surface area contributed by atoms with Crippen molar-refractivity contribution in [2.24, 2.45) is 17.3 Å². The van der Waals surface area contributed by atoms with E-state index >= 15 is 0 Å². The van der Waals surface area contributed by atoms with E-state index in [4.69, 9.17) is 0 Å². The van der Waals surface area contributed by atoms with Crippen molar-refractivity contribution in [3.05, 3.63) is 35.4 Å². The van der Waals surface area contributed by atoms with Crippen molar-refractivity contribution in [2.75, 3.05) is 26.2 Å². The summed E-state index contributed by atoms with van der Waals surface area (Å²) < 4.78 is 0. The molecule has 2 amide bonds. The molecule has 5 atom stereocenters. The number of nitrogens with one attached hydrogen (secondary N) is 1. The van der Waals surface area contributed by atoms with Crippen molar-refractivity contribution in [3.63, 3.8) is 0 Å². The van der Waals surface area contributed by atoms with Gasteiger partial charge in [0.05, 0.1) is 6.04 Å². The van der Waals surface area contributed by atoms with E-state index in [1.54, 1.807) is 6.42 Å². The second-order valence-electron chi connectivity index (χ2n) is 11.4. The maximum atomic E-state index is 12.8. The number of nitrogens with zero attached hydrogens (tertiary/aromatic N) is 2. The summed E-state index contributed by atoms with van der Waals surface area (Å²) in [7, 11) is 0. The van der Waals surface area contributed by atoms with Crippen LogP contribution in [0.5, 0.6) is 0 Å². The molecule has 0 radical (unpaired) electrons. The first-order valence-electron chi connectivity index (χ1n) is 12.6. The molecular formula is C26H37N3O. The van der Waals surface area contributed by atoms with E-state index in [0.717, 1.165) is 55.6 Å². The summed E-state index contributed by atoms with van der Waals surface area (Å²) in [6.07, 6.45) is 12.0. The van der Waals surface area contributed by atoms with Crippen LogP contribution in [0, 0.1) is 17.3 Å². The lowest BCUT2D eigenvalue weighted by Gasteiger charge is -2.53. The maximum Gasteiger partial charge on any atom is 0.317 e. The molecule has 1 N–H and O–H groups in total. The number of urea groups is 1. The molecule has 4 aliphatic carbocycles. The van der Waals surface area contributed by atoms with Gasteiger partial charge in [0, 0.05) is 26.0 Å².